The fourth-order valence-electron chi connectivity index (χ4n) is 8.75. The molecule has 0 bridgehead atoms. The molecular formula is C46H55N5O5. The summed E-state index contributed by atoms with van der Waals surface area (Å²) in [7, 11) is 2.00. The van der Waals surface area contributed by atoms with E-state index in [1.807, 2.05) is 110 Å². The summed E-state index contributed by atoms with van der Waals surface area (Å²) in [6, 6.07) is 30.8. The Kier molecular flexibility index (Phi) is 10.7. The maximum absolute atomic E-state index is 12.5. The highest BCUT2D eigenvalue weighted by atomic mass is 16.6. The zero-order valence-corrected chi connectivity index (χ0v) is 33.4. The molecule has 1 spiro atoms. The minimum atomic E-state index is -0.461. The van der Waals surface area contributed by atoms with Crippen LogP contribution in [0.4, 0.5) is 10.5 Å². The number of hydrogen-bond acceptors (Lipinski definition) is 8. The van der Waals surface area contributed by atoms with Crippen LogP contribution in [0.25, 0.3) is 22.2 Å². The van der Waals surface area contributed by atoms with Gasteiger partial charge in [-0.05, 0) is 94.2 Å². The molecule has 4 heterocycles. The lowest BCUT2D eigenvalue weighted by molar-refractivity contribution is -0.118. The van der Waals surface area contributed by atoms with E-state index in [-0.39, 0.29) is 23.7 Å². The highest BCUT2D eigenvalue weighted by Gasteiger charge is 2.50. The second-order valence-corrected chi connectivity index (χ2v) is 17.1. The number of fused-ring (bicyclic) bond motifs is 1. The van der Waals surface area contributed by atoms with Crippen LogP contribution in [0.5, 0.6) is 11.8 Å². The van der Waals surface area contributed by atoms with Gasteiger partial charge in [0.05, 0.1) is 23.3 Å². The summed E-state index contributed by atoms with van der Waals surface area (Å²) in [6.45, 7) is 12.4. The van der Waals surface area contributed by atoms with E-state index in [4.69, 9.17) is 29.0 Å². The molecule has 8 rings (SSSR count). The molecule has 1 aliphatic carbocycles. The minimum absolute atomic E-state index is 0.185. The topological polar surface area (TPSA) is 91.2 Å². The molecule has 2 aliphatic heterocycles. The fourth-order valence-corrected chi connectivity index (χ4v) is 8.75. The van der Waals surface area contributed by atoms with E-state index in [0.717, 1.165) is 91.6 Å². The third kappa shape index (κ3) is 8.50. The Hall–Kier alpha value is -5.09. The molecule has 5 aromatic rings. The molecule has 294 valence electrons. The highest BCUT2D eigenvalue weighted by Crippen LogP contribution is 2.47. The van der Waals surface area contributed by atoms with Crippen molar-refractivity contribution in [1.82, 2.24) is 19.7 Å². The summed E-state index contributed by atoms with van der Waals surface area (Å²) in [5.74, 6) is 1.47. The maximum atomic E-state index is 12.5. The van der Waals surface area contributed by atoms with E-state index in [1.54, 1.807) is 0 Å². The third-order valence-corrected chi connectivity index (χ3v) is 11.6. The summed E-state index contributed by atoms with van der Waals surface area (Å²) in [5, 5.41) is 6.05. The third-order valence-electron chi connectivity index (χ3n) is 11.6. The van der Waals surface area contributed by atoms with Gasteiger partial charge in [-0.25, -0.2) is 4.79 Å². The van der Waals surface area contributed by atoms with Crippen LogP contribution in [-0.4, -0.2) is 69.7 Å². The van der Waals surface area contributed by atoms with Crippen molar-refractivity contribution in [3.8, 4) is 23.0 Å². The second-order valence-electron chi connectivity index (χ2n) is 17.1. The summed E-state index contributed by atoms with van der Waals surface area (Å²) >= 11 is 0. The first-order valence-corrected chi connectivity index (χ1v) is 20.2. The SMILES string of the molecule is C[C@H]1CC2(CC[C@H]1OC1CCN(c3ccc4c(-c5ccc(OCc6ccccc6)nc5OCc5ccccc5)nn(C)c4c3)CC1)CN(C(=O)OC(C)(C)C)C2. The van der Waals surface area contributed by atoms with Gasteiger partial charge in [0.25, 0.3) is 0 Å². The first kappa shape index (κ1) is 37.8. The lowest BCUT2D eigenvalue weighted by atomic mass is 9.64. The summed E-state index contributed by atoms with van der Waals surface area (Å²) < 4.78 is 26.8. The van der Waals surface area contributed by atoms with E-state index in [9.17, 15) is 4.79 Å². The smallest absolute Gasteiger partial charge is 0.410 e. The summed E-state index contributed by atoms with van der Waals surface area (Å²) in [6.07, 6.45) is 5.62. The van der Waals surface area contributed by atoms with Crippen molar-refractivity contribution in [3.63, 3.8) is 0 Å². The Bertz CT molecular complexity index is 2120. The number of nitrogens with zero attached hydrogens (tertiary/aromatic N) is 5. The van der Waals surface area contributed by atoms with Gasteiger partial charge in [-0.1, -0.05) is 67.6 Å². The molecule has 0 unspecified atom stereocenters. The molecule has 10 nitrogen and oxygen atoms in total. The molecule has 1 saturated carbocycles. The Morgan fingerprint density at radius 1 is 0.857 bits per heavy atom. The molecular weight excluding hydrogens is 703 g/mol. The number of likely N-dealkylation sites (tertiary alicyclic amines) is 1. The molecule has 3 aliphatic rings. The zero-order chi connectivity index (χ0) is 38.9. The van der Waals surface area contributed by atoms with Crippen LogP contribution in [-0.2, 0) is 29.7 Å². The van der Waals surface area contributed by atoms with E-state index >= 15 is 0 Å². The predicted octanol–water partition coefficient (Wildman–Crippen LogP) is 9.20. The van der Waals surface area contributed by atoms with E-state index < -0.39 is 5.60 Å². The first-order valence-electron chi connectivity index (χ1n) is 20.2. The number of carbonyl (C=O) groups excluding carboxylic acids is 1. The van der Waals surface area contributed by atoms with Crippen LogP contribution in [0.1, 0.15) is 70.9 Å². The molecule has 2 aromatic heterocycles. The molecule has 1 amide bonds. The molecule has 0 radical (unpaired) electrons. The number of pyridine rings is 1. The molecule has 0 N–H and O–H groups in total. The number of aromatic nitrogens is 3. The molecule has 10 heteroatoms. The molecule has 56 heavy (non-hydrogen) atoms. The van der Waals surface area contributed by atoms with Crippen LogP contribution < -0.4 is 14.4 Å². The minimum Gasteiger partial charge on any atom is -0.473 e. The number of ether oxygens (including phenoxy) is 4. The van der Waals surface area contributed by atoms with E-state index in [0.29, 0.717) is 30.9 Å². The number of benzene rings is 3. The molecule has 2 saturated heterocycles. The maximum Gasteiger partial charge on any atom is 0.410 e. The highest BCUT2D eigenvalue weighted by molar-refractivity contribution is 5.96. The average Bonchev–Trinajstić information content (AvgIpc) is 3.51. The van der Waals surface area contributed by atoms with Crippen LogP contribution >= 0.6 is 0 Å². The molecule has 2 atom stereocenters. The van der Waals surface area contributed by atoms with Gasteiger partial charge in [0, 0.05) is 55.8 Å². The average molecular weight is 758 g/mol. The van der Waals surface area contributed by atoms with Crippen molar-refractivity contribution in [3.05, 3.63) is 102 Å². The zero-order valence-electron chi connectivity index (χ0n) is 33.4. The predicted molar refractivity (Wildman–Crippen MR) is 219 cm³/mol. The van der Waals surface area contributed by atoms with Crippen molar-refractivity contribution in [2.24, 2.45) is 18.4 Å². The normalized spacial score (nSPS) is 19.9. The van der Waals surface area contributed by atoms with Gasteiger partial charge in [0.1, 0.15) is 24.5 Å². The Morgan fingerprint density at radius 2 is 1.54 bits per heavy atom. The van der Waals surface area contributed by atoms with Gasteiger partial charge in [0.2, 0.25) is 11.8 Å². The van der Waals surface area contributed by atoms with Crippen molar-refractivity contribution < 1.29 is 23.7 Å². The van der Waals surface area contributed by atoms with Crippen LogP contribution in [0, 0.1) is 11.3 Å². The number of carbonyl (C=O) groups is 1. The quantitative estimate of drug-likeness (QED) is 0.139. The lowest BCUT2D eigenvalue weighted by Crippen LogP contribution is -2.61. The number of amides is 1. The van der Waals surface area contributed by atoms with E-state index in [1.165, 1.54) is 5.69 Å². The summed E-state index contributed by atoms with van der Waals surface area (Å²) in [5.41, 5.74) is 5.80. The Labute approximate surface area is 330 Å². The van der Waals surface area contributed by atoms with Crippen molar-refractivity contribution in [1.29, 1.82) is 0 Å². The Balaban J connectivity index is 0.904. The monoisotopic (exact) mass is 757 g/mol. The van der Waals surface area contributed by atoms with Crippen LogP contribution in [0.2, 0.25) is 0 Å². The van der Waals surface area contributed by atoms with Gasteiger partial charge in [-0.3, -0.25) is 4.68 Å². The van der Waals surface area contributed by atoms with Gasteiger partial charge in [-0.2, -0.15) is 10.1 Å². The van der Waals surface area contributed by atoms with Crippen molar-refractivity contribution in [2.45, 2.75) is 90.8 Å². The van der Waals surface area contributed by atoms with Gasteiger partial charge in [0.15, 0.2) is 0 Å². The number of piperidine rings is 1. The number of rotatable bonds is 10. The standard InChI is InChI=1S/C46H55N5O5/c1-32-27-46(30-51(31-46)44(52)56-45(2,3)4)23-20-40(32)55-36-21-24-50(25-22-36)35-16-17-37-39(26-35)49(5)48-42(37)38-18-19-41(53-28-33-12-8-6-9-13-33)47-43(38)54-29-34-14-10-7-11-15-34/h6-19,26,32,36,40H,20-25,27-31H2,1-5H3/t32-,40+/m0/s1. The number of anilines is 1. The van der Waals surface area contributed by atoms with Gasteiger partial charge < -0.3 is 28.7 Å². The molecule has 3 fully saturated rings. The number of hydrogen-bond donors (Lipinski definition) is 0. The number of aryl methyl sites for hydroxylation is 1. The summed E-state index contributed by atoms with van der Waals surface area (Å²) in [4.78, 5) is 21.7. The fraction of sp³-hybridized carbons (Fsp3) is 0.457. The van der Waals surface area contributed by atoms with Crippen LogP contribution in [0.3, 0.4) is 0 Å². The van der Waals surface area contributed by atoms with Crippen molar-refractivity contribution >= 4 is 22.7 Å². The molecule has 3 aromatic carbocycles. The first-order chi connectivity index (χ1) is 27.0. The van der Waals surface area contributed by atoms with Gasteiger partial charge in [-0.15, -0.1) is 0 Å². The van der Waals surface area contributed by atoms with E-state index in [2.05, 4.69) is 30.0 Å². The van der Waals surface area contributed by atoms with Crippen molar-refractivity contribution in [2.75, 3.05) is 31.1 Å². The lowest BCUT2D eigenvalue weighted by Gasteiger charge is -2.55. The Morgan fingerprint density at radius 3 is 2.20 bits per heavy atom. The second kappa shape index (κ2) is 15.8. The largest absolute Gasteiger partial charge is 0.473 e. The van der Waals surface area contributed by atoms with Crippen LogP contribution in [0.15, 0.2) is 91.0 Å². The van der Waals surface area contributed by atoms with Gasteiger partial charge >= 0.3 is 6.09 Å².